The molecule has 12 heteroatoms. The topological polar surface area (TPSA) is 88.4 Å². The number of carbonyl (C=O) groups excluding carboxylic acids is 1. The minimum atomic E-state index is -0.863. The van der Waals surface area contributed by atoms with E-state index < -0.39 is 12.0 Å². The predicted octanol–water partition coefficient (Wildman–Crippen LogP) is 7.24. The quantitative estimate of drug-likeness (QED) is 0.151. The molecule has 0 radical (unpaired) electrons. The van der Waals surface area contributed by atoms with Crippen LogP contribution in [0.3, 0.4) is 0 Å². The van der Waals surface area contributed by atoms with Crippen molar-refractivity contribution in [2.45, 2.75) is 39.3 Å². The fourth-order valence-electron chi connectivity index (χ4n) is 5.18. The van der Waals surface area contributed by atoms with Crippen molar-refractivity contribution in [2.75, 3.05) is 20.8 Å². The van der Waals surface area contributed by atoms with Crippen LogP contribution in [0.2, 0.25) is 10.0 Å². The van der Waals surface area contributed by atoms with Crippen LogP contribution in [0.5, 0.6) is 17.2 Å². The second-order valence-electron chi connectivity index (χ2n) is 10.2. The fourth-order valence-corrected chi connectivity index (χ4v) is 7.09. The van der Waals surface area contributed by atoms with Gasteiger partial charge in [0.2, 0.25) is 0 Å². The third-order valence-corrected chi connectivity index (χ3v) is 9.28. The summed E-state index contributed by atoms with van der Waals surface area (Å²) in [5, 5.41) is 1.08. The Morgan fingerprint density at radius 3 is 2.41 bits per heavy atom. The second-order valence-corrected chi connectivity index (χ2v) is 13.0. The van der Waals surface area contributed by atoms with E-state index in [1.54, 1.807) is 56.5 Å². The summed E-state index contributed by atoms with van der Waals surface area (Å²) in [4.78, 5) is 33.0. The molecule has 8 nitrogen and oxygen atoms in total. The van der Waals surface area contributed by atoms with Crippen molar-refractivity contribution in [3.8, 4) is 17.2 Å². The van der Waals surface area contributed by atoms with Crippen molar-refractivity contribution in [1.82, 2.24) is 4.57 Å². The zero-order chi connectivity index (χ0) is 33.0. The van der Waals surface area contributed by atoms with Gasteiger partial charge in [0, 0.05) is 15.6 Å². The number of rotatable bonds is 11. The van der Waals surface area contributed by atoms with Gasteiger partial charge in [-0.1, -0.05) is 60.0 Å². The molecule has 1 atom stereocenters. The van der Waals surface area contributed by atoms with Gasteiger partial charge in [-0.15, -0.1) is 0 Å². The van der Waals surface area contributed by atoms with Crippen LogP contribution in [0, 0.1) is 0 Å². The van der Waals surface area contributed by atoms with E-state index in [2.05, 4.69) is 15.9 Å². The number of hydrogen-bond acceptors (Lipinski definition) is 8. The van der Waals surface area contributed by atoms with Crippen LogP contribution in [0.25, 0.3) is 6.08 Å². The Bertz CT molecular complexity index is 1990. The first-order chi connectivity index (χ1) is 22.2. The molecule has 0 saturated heterocycles. The predicted molar refractivity (Wildman–Crippen MR) is 184 cm³/mol. The molecule has 0 aliphatic carbocycles. The lowest BCUT2D eigenvalue weighted by molar-refractivity contribution is -0.139. The molecule has 0 bridgehead atoms. The second kappa shape index (κ2) is 14.9. The van der Waals surface area contributed by atoms with Crippen LogP contribution >= 0.6 is 50.5 Å². The van der Waals surface area contributed by atoms with Gasteiger partial charge >= 0.3 is 5.97 Å². The maximum atomic E-state index is 14.2. The van der Waals surface area contributed by atoms with Crippen LogP contribution in [-0.4, -0.2) is 31.4 Å². The zero-order valence-corrected chi connectivity index (χ0v) is 29.5. The molecule has 5 rings (SSSR count). The first kappa shape index (κ1) is 33.8. The number of fused-ring (bicyclic) bond motifs is 1. The summed E-state index contributed by atoms with van der Waals surface area (Å²) in [7, 11) is 3.09. The highest BCUT2D eigenvalue weighted by Gasteiger charge is 2.36. The highest BCUT2D eigenvalue weighted by Crippen LogP contribution is 2.39. The summed E-state index contributed by atoms with van der Waals surface area (Å²) in [6.45, 7) is 4.22. The molecule has 0 N–H and O–H groups in total. The van der Waals surface area contributed by atoms with Crippen LogP contribution < -0.4 is 29.1 Å². The monoisotopic (exact) mass is 744 g/mol. The fraction of sp³-hybridized carbons (Fsp3) is 0.265. The Morgan fingerprint density at radius 2 is 1.74 bits per heavy atom. The minimum Gasteiger partial charge on any atom is -0.496 e. The molecule has 1 aromatic heterocycles. The number of esters is 1. The number of halogens is 3. The highest BCUT2D eigenvalue weighted by molar-refractivity contribution is 9.10. The van der Waals surface area contributed by atoms with E-state index in [0.29, 0.717) is 71.0 Å². The molecule has 240 valence electrons. The molecule has 4 aromatic rings. The largest absolute Gasteiger partial charge is 0.496 e. The van der Waals surface area contributed by atoms with Gasteiger partial charge in [0.15, 0.2) is 16.3 Å². The summed E-state index contributed by atoms with van der Waals surface area (Å²) < 4.78 is 25.5. The SMILES string of the molecule is CCCC1=C(C(=O)OCC)[C@@H](c2cc(Cl)ccc2OC)n2c(s/c(=C/c3cc(Br)c(OCc4ccc(Cl)cc4)c(OC)c3)c2=O)=N1. The third kappa shape index (κ3) is 7.05. The zero-order valence-electron chi connectivity index (χ0n) is 25.6. The number of ether oxygens (including phenoxy) is 4. The van der Waals surface area contributed by atoms with Crippen molar-refractivity contribution >= 4 is 62.5 Å². The van der Waals surface area contributed by atoms with E-state index in [1.807, 2.05) is 25.1 Å². The van der Waals surface area contributed by atoms with Gasteiger partial charge in [-0.2, -0.15) is 0 Å². The lowest BCUT2D eigenvalue weighted by atomic mass is 9.93. The normalized spacial score (nSPS) is 14.5. The lowest BCUT2D eigenvalue weighted by Gasteiger charge is -2.27. The van der Waals surface area contributed by atoms with Gasteiger partial charge in [0.1, 0.15) is 18.4 Å². The van der Waals surface area contributed by atoms with Crippen molar-refractivity contribution in [3.63, 3.8) is 0 Å². The van der Waals surface area contributed by atoms with Gasteiger partial charge < -0.3 is 18.9 Å². The molecular formula is C34H31BrCl2N2O6S. The summed E-state index contributed by atoms with van der Waals surface area (Å²) in [6.07, 6.45) is 3.01. The Kier molecular flexibility index (Phi) is 10.9. The summed E-state index contributed by atoms with van der Waals surface area (Å²) >= 11 is 17.3. The van der Waals surface area contributed by atoms with Crippen molar-refractivity contribution in [2.24, 2.45) is 4.99 Å². The number of carbonyl (C=O) groups is 1. The molecule has 3 aromatic carbocycles. The standard InChI is InChI=1S/C34H31BrCl2N2O6S/c1-5-7-25-29(33(41)44-6-2)30(23-17-22(37)12-13-26(23)42-3)39-32(40)28(46-34(39)38-25)16-20-14-24(35)31(27(15-20)43-4)45-18-19-8-10-21(36)11-9-19/h8-17,30H,5-7,18H2,1-4H3/b28-16+/t30-/m1/s1. The van der Waals surface area contributed by atoms with Crippen LogP contribution in [-0.2, 0) is 16.1 Å². The summed E-state index contributed by atoms with van der Waals surface area (Å²) in [5.74, 6) is 0.941. The minimum absolute atomic E-state index is 0.168. The van der Waals surface area contributed by atoms with E-state index in [-0.39, 0.29) is 17.7 Å². The summed E-state index contributed by atoms with van der Waals surface area (Å²) in [6, 6.07) is 15.3. The first-order valence-corrected chi connectivity index (χ1v) is 16.9. The number of hydrogen-bond donors (Lipinski definition) is 0. The maximum Gasteiger partial charge on any atom is 0.338 e. The molecule has 0 amide bonds. The highest BCUT2D eigenvalue weighted by atomic mass is 79.9. The Hall–Kier alpha value is -3.57. The van der Waals surface area contributed by atoms with Gasteiger partial charge in [0.05, 0.1) is 41.1 Å². The Labute approximate surface area is 288 Å². The van der Waals surface area contributed by atoms with Crippen molar-refractivity contribution in [1.29, 1.82) is 0 Å². The van der Waals surface area contributed by atoms with E-state index in [0.717, 1.165) is 12.0 Å². The van der Waals surface area contributed by atoms with Crippen molar-refractivity contribution < 1.29 is 23.7 Å². The van der Waals surface area contributed by atoms with E-state index >= 15 is 0 Å². The molecule has 0 fully saturated rings. The Morgan fingerprint density at radius 1 is 1.02 bits per heavy atom. The van der Waals surface area contributed by atoms with Crippen LogP contribution in [0.15, 0.2) is 80.1 Å². The number of nitrogens with zero attached hydrogens (tertiary/aromatic N) is 2. The van der Waals surface area contributed by atoms with Crippen LogP contribution in [0.1, 0.15) is 49.4 Å². The molecule has 2 heterocycles. The van der Waals surface area contributed by atoms with Gasteiger partial charge in [-0.3, -0.25) is 9.36 Å². The molecule has 0 saturated carbocycles. The van der Waals surface area contributed by atoms with Gasteiger partial charge in [-0.05, 0) is 88.9 Å². The number of aromatic nitrogens is 1. The molecule has 0 unspecified atom stereocenters. The smallest absolute Gasteiger partial charge is 0.338 e. The molecular weight excluding hydrogens is 715 g/mol. The van der Waals surface area contributed by atoms with E-state index in [4.69, 9.17) is 47.1 Å². The number of allylic oxidation sites excluding steroid dienone is 1. The number of benzene rings is 3. The van der Waals surface area contributed by atoms with E-state index in [1.165, 1.54) is 23.0 Å². The molecule has 1 aliphatic heterocycles. The van der Waals surface area contributed by atoms with Gasteiger partial charge in [-0.25, -0.2) is 9.79 Å². The summed E-state index contributed by atoms with van der Waals surface area (Å²) in [5.41, 5.74) is 2.72. The molecule has 46 heavy (non-hydrogen) atoms. The van der Waals surface area contributed by atoms with Crippen molar-refractivity contribution in [3.05, 3.63) is 117 Å². The molecule has 1 aliphatic rings. The first-order valence-electron chi connectivity index (χ1n) is 14.5. The average Bonchev–Trinajstić information content (AvgIpc) is 3.34. The van der Waals surface area contributed by atoms with E-state index in [9.17, 15) is 9.59 Å². The van der Waals surface area contributed by atoms with Gasteiger partial charge in [0.25, 0.3) is 5.56 Å². The number of methoxy groups -OCH3 is 2. The average molecular weight is 747 g/mol. The number of thiazole rings is 1. The molecule has 0 spiro atoms. The third-order valence-electron chi connectivity index (χ3n) is 7.22. The Balaban J connectivity index is 1.64. The lowest BCUT2D eigenvalue weighted by Crippen LogP contribution is -2.40. The van der Waals surface area contributed by atoms with Crippen LogP contribution in [0.4, 0.5) is 0 Å². The maximum absolute atomic E-state index is 14.2.